The van der Waals surface area contributed by atoms with Gasteiger partial charge in [-0.15, -0.1) is 0 Å². The Bertz CT molecular complexity index is 662. The van der Waals surface area contributed by atoms with Crippen LogP contribution in [0.5, 0.6) is 11.5 Å². The lowest BCUT2D eigenvalue weighted by molar-refractivity contribution is -0.122. The van der Waals surface area contributed by atoms with Gasteiger partial charge in [-0.1, -0.05) is 0 Å². The molecule has 1 N–H and O–H groups in total. The normalized spacial score (nSPS) is 16.5. The summed E-state index contributed by atoms with van der Waals surface area (Å²) < 4.78 is 10.6. The zero-order valence-corrected chi connectivity index (χ0v) is 15.6. The first kappa shape index (κ1) is 18.1. The number of halogens is 1. The van der Waals surface area contributed by atoms with Gasteiger partial charge in [-0.2, -0.15) is 0 Å². The van der Waals surface area contributed by atoms with Crippen molar-refractivity contribution in [2.75, 3.05) is 27.4 Å². The summed E-state index contributed by atoms with van der Waals surface area (Å²) in [4.78, 5) is 25.8. The highest BCUT2D eigenvalue weighted by molar-refractivity contribution is 14.1. The van der Waals surface area contributed by atoms with Gasteiger partial charge in [0.1, 0.15) is 0 Å². The van der Waals surface area contributed by atoms with E-state index < -0.39 is 0 Å². The van der Waals surface area contributed by atoms with Gasteiger partial charge in [0.25, 0.3) is 11.1 Å². The summed E-state index contributed by atoms with van der Waals surface area (Å²) in [6.45, 7) is 0.834. The number of carbonyl (C=O) groups excluding carboxylic acids is 2. The molecular formula is C15H16INO5S. The highest BCUT2D eigenvalue weighted by Crippen LogP contribution is 2.36. The number of thioether (sulfide) groups is 1. The molecule has 1 aromatic rings. The summed E-state index contributed by atoms with van der Waals surface area (Å²) in [6.07, 6.45) is 2.23. The highest BCUT2D eigenvalue weighted by Gasteiger charge is 2.34. The highest BCUT2D eigenvalue weighted by atomic mass is 127. The number of nitrogens with zero attached hydrogens (tertiary/aromatic N) is 1. The molecule has 1 fully saturated rings. The number of benzene rings is 1. The number of aromatic hydroxyl groups is 1. The van der Waals surface area contributed by atoms with Gasteiger partial charge >= 0.3 is 0 Å². The number of amides is 2. The lowest BCUT2D eigenvalue weighted by Gasteiger charge is -2.11. The average Bonchev–Trinajstić information content (AvgIpc) is 2.78. The van der Waals surface area contributed by atoms with Gasteiger partial charge in [0, 0.05) is 20.3 Å². The van der Waals surface area contributed by atoms with Gasteiger partial charge in [0.15, 0.2) is 11.5 Å². The summed E-state index contributed by atoms with van der Waals surface area (Å²) in [5, 5.41) is 9.56. The molecule has 0 atom stereocenters. The molecule has 1 aliphatic heterocycles. The molecule has 1 saturated heterocycles. The van der Waals surface area contributed by atoms with Crippen LogP contribution in [0.1, 0.15) is 12.0 Å². The Morgan fingerprint density at radius 3 is 2.74 bits per heavy atom. The Kier molecular flexibility index (Phi) is 6.31. The van der Waals surface area contributed by atoms with Crippen molar-refractivity contribution in [3.05, 3.63) is 26.2 Å². The van der Waals surface area contributed by atoms with Gasteiger partial charge in [-0.25, -0.2) is 0 Å². The van der Waals surface area contributed by atoms with E-state index in [0.29, 0.717) is 39.4 Å². The third-order valence-corrected chi connectivity index (χ3v) is 4.90. The first-order valence-corrected chi connectivity index (χ1v) is 8.68. The number of hydrogen-bond donors (Lipinski definition) is 1. The van der Waals surface area contributed by atoms with Crippen molar-refractivity contribution >= 4 is 51.6 Å². The van der Waals surface area contributed by atoms with E-state index in [2.05, 4.69) is 0 Å². The Hall–Kier alpha value is -1.26. The molecule has 1 heterocycles. The molecule has 0 bridgehead atoms. The lowest BCUT2D eigenvalue weighted by atomic mass is 10.2. The summed E-state index contributed by atoms with van der Waals surface area (Å²) >= 11 is 2.89. The quantitative estimate of drug-likeness (QED) is 0.409. The van der Waals surface area contributed by atoms with Crippen LogP contribution < -0.4 is 4.74 Å². The maximum Gasteiger partial charge on any atom is 0.293 e. The number of imide groups is 1. The first-order valence-electron chi connectivity index (χ1n) is 6.78. The Labute approximate surface area is 152 Å². The molecule has 0 aromatic heterocycles. The monoisotopic (exact) mass is 449 g/mol. The van der Waals surface area contributed by atoms with Crippen LogP contribution >= 0.6 is 34.4 Å². The van der Waals surface area contributed by atoms with Crippen LogP contribution in [0.25, 0.3) is 6.08 Å². The maximum absolute atomic E-state index is 12.3. The van der Waals surface area contributed by atoms with Gasteiger partial charge in [0.05, 0.1) is 15.6 Å². The fourth-order valence-corrected chi connectivity index (χ4v) is 3.53. The van der Waals surface area contributed by atoms with Gasteiger partial charge in [0.2, 0.25) is 0 Å². The number of phenols is 1. The standard InChI is InChI=1S/C15H16INO5S/c1-21-5-3-4-17-14(19)12(23-15(17)20)8-9-6-10(16)13(18)11(7-9)22-2/h6-8,18H,3-5H2,1-2H3/b12-8+. The molecule has 23 heavy (non-hydrogen) atoms. The molecule has 124 valence electrons. The van der Waals surface area contributed by atoms with Gasteiger partial charge in [-0.3, -0.25) is 14.5 Å². The lowest BCUT2D eigenvalue weighted by Crippen LogP contribution is -2.29. The van der Waals surface area contributed by atoms with Gasteiger partial charge < -0.3 is 14.6 Å². The molecule has 2 amide bonds. The van der Waals surface area contributed by atoms with Crippen molar-refractivity contribution in [1.29, 1.82) is 0 Å². The third kappa shape index (κ3) is 4.18. The first-order chi connectivity index (χ1) is 11.0. The van der Waals surface area contributed by atoms with E-state index in [9.17, 15) is 14.7 Å². The summed E-state index contributed by atoms with van der Waals surface area (Å²) in [5.74, 6) is 0.0681. The fraction of sp³-hybridized carbons (Fsp3) is 0.333. The number of ether oxygens (including phenoxy) is 2. The zero-order valence-electron chi connectivity index (χ0n) is 12.7. The van der Waals surface area contributed by atoms with Crippen molar-refractivity contribution in [2.24, 2.45) is 0 Å². The van der Waals surface area contributed by atoms with Crippen LogP contribution in [0.2, 0.25) is 0 Å². The fourth-order valence-electron chi connectivity index (χ4n) is 2.04. The van der Waals surface area contributed by atoms with E-state index >= 15 is 0 Å². The van der Waals surface area contributed by atoms with Crippen LogP contribution in [-0.4, -0.2) is 48.5 Å². The third-order valence-electron chi connectivity index (χ3n) is 3.17. The molecular weight excluding hydrogens is 433 g/mol. The Morgan fingerprint density at radius 2 is 2.09 bits per heavy atom. The minimum atomic E-state index is -0.307. The number of phenolic OH excluding ortho intramolecular Hbond substituents is 1. The molecule has 1 aliphatic rings. The number of methoxy groups -OCH3 is 2. The second-order valence-electron chi connectivity index (χ2n) is 4.73. The second-order valence-corrected chi connectivity index (χ2v) is 6.89. The molecule has 2 rings (SSSR count). The zero-order chi connectivity index (χ0) is 17.0. The smallest absolute Gasteiger partial charge is 0.293 e. The molecule has 1 aromatic carbocycles. The molecule has 0 radical (unpaired) electrons. The van der Waals surface area contributed by atoms with E-state index in [1.807, 2.05) is 22.6 Å². The number of rotatable bonds is 6. The average molecular weight is 449 g/mol. The largest absolute Gasteiger partial charge is 0.504 e. The molecule has 0 unspecified atom stereocenters. The van der Waals surface area contributed by atoms with E-state index in [-0.39, 0.29) is 16.9 Å². The second kappa shape index (κ2) is 8.02. The minimum absolute atomic E-state index is 0.0536. The van der Waals surface area contributed by atoms with Crippen LogP contribution in [0.3, 0.4) is 0 Å². The van der Waals surface area contributed by atoms with Crippen LogP contribution in [0.4, 0.5) is 4.79 Å². The van der Waals surface area contributed by atoms with E-state index in [0.717, 1.165) is 11.8 Å². The van der Waals surface area contributed by atoms with Crippen LogP contribution in [0, 0.1) is 3.57 Å². The van der Waals surface area contributed by atoms with Crippen molar-refractivity contribution in [1.82, 2.24) is 4.90 Å². The Morgan fingerprint density at radius 1 is 1.35 bits per heavy atom. The van der Waals surface area contributed by atoms with Crippen molar-refractivity contribution in [3.63, 3.8) is 0 Å². The predicted molar refractivity (Wildman–Crippen MR) is 96.5 cm³/mol. The Balaban J connectivity index is 2.22. The summed E-state index contributed by atoms with van der Waals surface area (Å²) in [5.41, 5.74) is 0.687. The summed E-state index contributed by atoms with van der Waals surface area (Å²) in [6, 6.07) is 3.34. The van der Waals surface area contributed by atoms with Crippen LogP contribution in [-0.2, 0) is 9.53 Å². The predicted octanol–water partition coefficient (Wildman–Crippen LogP) is 3.08. The SMILES string of the molecule is COCCCN1C(=O)S/C(=C/c2cc(I)c(O)c(OC)c2)C1=O. The number of carbonyl (C=O) groups is 2. The number of hydrogen-bond acceptors (Lipinski definition) is 6. The van der Waals surface area contributed by atoms with Crippen molar-refractivity contribution in [3.8, 4) is 11.5 Å². The topological polar surface area (TPSA) is 76.1 Å². The molecule has 8 heteroatoms. The molecule has 6 nitrogen and oxygen atoms in total. The maximum atomic E-state index is 12.3. The summed E-state index contributed by atoms with van der Waals surface area (Å²) in [7, 11) is 3.03. The molecule has 0 aliphatic carbocycles. The van der Waals surface area contributed by atoms with Crippen molar-refractivity contribution in [2.45, 2.75) is 6.42 Å². The van der Waals surface area contributed by atoms with Crippen molar-refractivity contribution < 1.29 is 24.2 Å². The van der Waals surface area contributed by atoms with Crippen LogP contribution in [0.15, 0.2) is 17.0 Å². The van der Waals surface area contributed by atoms with E-state index in [4.69, 9.17) is 9.47 Å². The molecule has 0 saturated carbocycles. The van der Waals surface area contributed by atoms with Gasteiger partial charge in [-0.05, 0) is 64.5 Å². The van der Waals surface area contributed by atoms with E-state index in [1.165, 1.54) is 12.0 Å². The minimum Gasteiger partial charge on any atom is -0.504 e. The molecule has 0 spiro atoms. The van der Waals surface area contributed by atoms with E-state index in [1.54, 1.807) is 25.3 Å².